The van der Waals surface area contributed by atoms with Crippen LogP contribution >= 0.6 is 34.2 Å². The molecule has 7 heteroatoms. The maximum atomic E-state index is 10.7. The standard InChI is InChI=1S/C13H16ClIO5/c14-13(19)11(6-16)20-7-10(17)12(13,18)5-8-1-3-9(15)4-2-8/h1-4,10-11,16-19H,5-7H2/t10-,11+,12+,13+/m0/s1. The van der Waals surface area contributed by atoms with Crippen LogP contribution in [0.4, 0.5) is 0 Å². The summed E-state index contributed by atoms with van der Waals surface area (Å²) in [6.07, 6.45) is -2.57. The highest BCUT2D eigenvalue weighted by molar-refractivity contribution is 14.1. The summed E-state index contributed by atoms with van der Waals surface area (Å²) in [5.74, 6) is 0. The minimum atomic E-state index is -2.28. The van der Waals surface area contributed by atoms with Crippen LogP contribution in [-0.4, -0.2) is 56.5 Å². The first-order valence-corrected chi connectivity index (χ1v) is 7.55. The van der Waals surface area contributed by atoms with Gasteiger partial charge in [0, 0.05) is 9.99 Å². The van der Waals surface area contributed by atoms with E-state index >= 15 is 0 Å². The molecule has 0 bridgehead atoms. The van der Waals surface area contributed by atoms with Crippen LogP contribution in [0.2, 0.25) is 0 Å². The summed E-state index contributed by atoms with van der Waals surface area (Å²) in [7, 11) is 0. The molecule has 5 nitrogen and oxygen atoms in total. The summed E-state index contributed by atoms with van der Waals surface area (Å²) in [6, 6.07) is 7.26. The van der Waals surface area contributed by atoms with Gasteiger partial charge in [0.05, 0.1) is 13.2 Å². The van der Waals surface area contributed by atoms with Crippen molar-refractivity contribution in [2.45, 2.75) is 29.3 Å². The smallest absolute Gasteiger partial charge is 0.198 e. The van der Waals surface area contributed by atoms with E-state index in [9.17, 15) is 20.4 Å². The van der Waals surface area contributed by atoms with E-state index in [0.29, 0.717) is 5.56 Å². The third-order valence-electron chi connectivity index (χ3n) is 3.59. The number of halogens is 2. The van der Waals surface area contributed by atoms with Crippen LogP contribution in [-0.2, 0) is 11.2 Å². The van der Waals surface area contributed by atoms with E-state index in [0.717, 1.165) is 3.57 Å². The molecule has 1 aliphatic rings. The average molecular weight is 415 g/mol. The molecule has 20 heavy (non-hydrogen) atoms. The Morgan fingerprint density at radius 1 is 1.30 bits per heavy atom. The predicted octanol–water partition coefficient (Wildman–Crippen LogP) is 0.244. The van der Waals surface area contributed by atoms with Gasteiger partial charge in [-0.3, -0.25) is 0 Å². The van der Waals surface area contributed by atoms with Gasteiger partial charge in [-0.25, -0.2) is 0 Å². The van der Waals surface area contributed by atoms with E-state index in [4.69, 9.17) is 16.3 Å². The highest BCUT2D eigenvalue weighted by Gasteiger charge is 2.60. The number of aliphatic hydroxyl groups excluding tert-OH is 2. The van der Waals surface area contributed by atoms with Crippen molar-refractivity contribution in [3.8, 4) is 0 Å². The summed E-state index contributed by atoms with van der Waals surface area (Å²) in [4.78, 5) is 0. The fourth-order valence-corrected chi connectivity index (χ4v) is 2.98. The van der Waals surface area contributed by atoms with Gasteiger partial charge in [0.2, 0.25) is 0 Å². The van der Waals surface area contributed by atoms with Gasteiger partial charge in [-0.2, -0.15) is 0 Å². The predicted molar refractivity (Wildman–Crippen MR) is 81.4 cm³/mol. The van der Waals surface area contributed by atoms with Crippen LogP contribution in [0.15, 0.2) is 24.3 Å². The minimum Gasteiger partial charge on any atom is -0.394 e. The van der Waals surface area contributed by atoms with Gasteiger partial charge in [-0.15, -0.1) is 0 Å². The molecule has 4 atom stereocenters. The molecule has 1 fully saturated rings. The molecule has 0 aliphatic carbocycles. The summed E-state index contributed by atoms with van der Waals surface area (Å²) >= 11 is 8.13. The fraction of sp³-hybridized carbons (Fsp3) is 0.538. The summed E-state index contributed by atoms with van der Waals surface area (Å²) < 4.78 is 6.09. The van der Waals surface area contributed by atoms with Crippen molar-refractivity contribution in [1.29, 1.82) is 0 Å². The lowest BCUT2D eigenvalue weighted by Gasteiger charge is -2.49. The third kappa shape index (κ3) is 2.83. The topological polar surface area (TPSA) is 90.2 Å². The molecular weight excluding hydrogens is 398 g/mol. The number of benzene rings is 1. The SMILES string of the molecule is OC[C@H]1OC[C@H](O)[C@](O)(Cc2ccc(I)cc2)[C@@]1(O)Cl. The minimum absolute atomic E-state index is 0.0506. The van der Waals surface area contributed by atoms with Gasteiger partial charge >= 0.3 is 0 Å². The number of rotatable bonds is 3. The van der Waals surface area contributed by atoms with E-state index in [1.54, 1.807) is 12.1 Å². The summed E-state index contributed by atoms with van der Waals surface area (Å²) in [5.41, 5.74) is -1.29. The van der Waals surface area contributed by atoms with E-state index in [-0.39, 0.29) is 13.0 Å². The van der Waals surface area contributed by atoms with E-state index in [1.165, 1.54) is 0 Å². The van der Waals surface area contributed by atoms with Gasteiger partial charge in [0.25, 0.3) is 0 Å². The maximum Gasteiger partial charge on any atom is 0.198 e. The lowest BCUT2D eigenvalue weighted by atomic mass is 9.79. The highest BCUT2D eigenvalue weighted by Crippen LogP contribution is 2.40. The molecule has 0 spiro atoms. The van der Waals surface area contributed by atoms with E-state index in [1.807, 2.05) is 12.1 Å². The van der Waals surface area contributed by atoms with Crippen LogP contribution in [0.3, 0.4) is 0 Å². The zero-order valence-electron chi connectivity index (χ0n) is 10.5. The Bertz CT molecular complexity index is 466. The largest absolute Gasteiger partial charge is 0.394 e. The zero-order valence-corrected chi connectivity index (χ0v) is 13.5. The van der Waals surface area contributed by atoms with Crippen LogP contribution in [0.1, 0.15) is 5.56 Å². The van der Waals surface area contributed by atoms with Crippen molar-refractivity contribution in [2.75, 3.05) is 13.2 Å². The highest BCUT2D eigenvalue weighted by atomic mass is 127. The fourth-order valence-electron chi connectivity index (χ4n) is 2.30. The van der Waals surface area contributed by atoms with Gasteiger partial charge < -0.3 is 25.2 Å². The quantitative estimate of drug-likeness (QED) is 0.420. The Hall–Kier alpha value is 0.0400. The Kier molecular flexibility index (Phi) is 4.95. The number of ether oxygens (including phenoxy) is 1. The summed E-state index contributed by atoms with van der Waals surface area (Å²) in [5, 5.41) is 37.9. The molecule has 1 saturated heterocycles. The first-order chi connectivity index (χ1) is 9.31. The first kappa shape index (κ1) is 16.4. The molecule has 1 aromatic rings. The normalized spacial score (nSPS) is 37.9. The number of hydrogen-bond acceptors (Lipinski definition) is 5. The van der Waals surface area contributed by atoms with Gasteiger partial charge in [-0.05, 0) is 40.3 Å². The Morgan fingerprint density at radius 3 is 2.45 bits per heavy atom. The molecule has 0 radical (unpaired) electrons. The molecule has 1 aliphatic heterocycles. The molecule has 0 aromatic heterocycles. The zero-order chi connectivity index (χ0) is 15.0. The molecule has 2 rings (SSSR count). The lowest BCUT2D eigenvalue weighted by molar-refractivity contribution is -0.265. The maximum absolute atomic E-state index is 10.7. The lowest BCUT2D eigenvalue weighted by Crippen LogP contribution is -2.70. The molecule has 0 amide bonds. The second-order valence-corrected chi connectivity index (χ2v) is 6.74. The van der Waals surface area contributed by atoms with Crippen LogP contribution in [0, 0.1) is 3.57 Å². The Morgan fingerprint density at radius 2 is 1.90 bits per heavy atom. The first-order valence-electron chi connectivity index (χ1n) is 6.10. The second-order valence-electron chi connectivity index (χ2n) is 4.92. The molecule has 1 heterocycles. The van der Waals surface area contributed by atoms with Crippen molar-refractivity contribution in [2.24, 2.45) is 0 Å². The van der Waals surface area contributed by atoms with Crippen molar-refractivity contribution >= 4 is 34.2 Å². The molecule has 1 aromatic carbocycles. The van der Waals surface area contributed by atoms with Crippen molar-refractivity contribution < 1.29 is 25.2 Å². The molecule has 0 unspecified atom stereocenters. The van der Waals surface area contributed by atoms with Crippen molar-refractivity contribution in [3.63, 3.8) is 0 Å². The number of aliphatic hydroxyl groups is 4. The average Bonchev–Trinajstić information content (AvgIpc) is 2.40. The van der Waals surface area contributed by atoms with Crippen LogP contribution in [0.5, 0.6) is 0 Å². The molecule has 4 N–H and O–H groups in total. The van der Waals surface area contributed by atoms with Gasteiger partial charge in [0.1, 0.15) is 17.8 Å². The monoisotopic (exact) mass is 414 g/mol. The van der Waals surface area contributed by atoms with Crippen molar-refractivity contribution in [3.05, 3.63) is 33.4 Å². The number of hydrogen-bond donors (Lipinski definition) is 4. The molecular formula is C13H16ClIO5. The van der Waals surface area contributed by atoms with E-state index < -0.39 is 29.5 Å². The third-order valence-corrected chi connectivity index (χ3v) is 4.88. The number of alkyl halides is 1. The van der Waals surface area contributed by atoms with Crippen molar-refractivity contribution in [1.82, 2.24) is 0 Å². The van der Waals surface area contributed by atoms with Crippen LogP contribution < -0.4 is 0 Å². The molecule has 0 saturated carbocycles. The Labute approximate surface area is 135 Å². The summed E-state index contributed by atoms with van der Waals surface area (Å²) in [6.45, 7) is -0.761. The van der Waals surface area contributed by atoms with E-state index in [2.05, 4.69) is 22.6 Å². The van der Waals surface area contributed by atoms with Crippen LogP contribution in [0.25, 0.3) is 0 Å². The second kappa shape index (κ2) is 6.04. The van der Waals surface area contributed by atoms with Gasteiger partial charge in [-0.1, -0.05) is 23.7 Å². The Balaban J connectivity index is 2.31. The molecule has 112 valence electrons. The van der Waals surface area contributed by atoms with Gasteiger partial charge in [0.15, 0.2) is 5.06 Å².